The fourth-order valence-electron chi connectivity index (χ4n) is 3.26. The largest absolute Gasteiger partial charge is 0.573 e. The molecule has 1 unspecified atom stereocenters. The van der Waals surface area contributed by atoms with Crippen LogP contribution in [-0.4, -0.2) is 46.3 Å². The van der Waals surface area contributed by atoms with Gasteiger partial charge in [-0.05, 0) is 32.4 Å². The van der Waals surface area contributed by atoms with Crippen molar-refractivity contribution in [1.29, 1.82) is 0 Å². The highest BCUT2D eigenvalue weighted by Crippen LogP contribution is 2.27. The molecular formula is C18H18F3N3O3. The maximum absolute atomic E-state index is 12.8. The van der Waals surface area contributed by atoms with E-state index in [1.165, 1.54) is 22.9 Å². The summed E-state index contributed by atoms with van der Waals surface area (Å²) in [5.74, 6) is -0.766. The van der Waals surface area contributed by atoms with Gasteiger partial charge >= 0.3 is 6.36 Å². The molecule has 0 saturated carbocycles. The van der Waals surface area contributed by atoms with Crippen LogP contribution in [-0.2, 0) is 4.79 Å². The van der Waals surface area contributed by atoms with Crippen molar-refractivity contribution in [2.45, 2.75) is 26.6 Å². The van der Waals surface area contributed by atoms with Gasteiger partial charge in [0, 0.05) is 25.1 Å². The molecule has 0 spiro atoms. The fraction of sp³-hybridized carbons (Fsp3) is 0.389. The maximum atomic E-state index is 12.8. The number of carbonyl (C=O) groups is 2. The summed E-state index contributed by atoms with van der Waals surface area (Å²) in [6.07, 6.45) is -3.32. The lowest BCUT2D eigenvalue weighted by atomic mass is 10.1. The molecule has 1 aromatic carbocycles. The van der Waals surface area contributed by atoms with Gasteiger partial charge in [0.1, 0.15) is 12.0 Å². The minimum absolute atomic E-state index is 0.166. The SMILES string of the molecule is Cc1nn(-c2cccc(OC(F)(F)F)c2)c(C)c1C(=O)N1CCC(C=O)C1. The lowest BCUT2D eigenvalue weighted by molar-refractivity contribution is -0.274. The van der Waals surface area contributed by atoms with Crippen molar-refractivity contribution in [2.75, 3.05) is 13.1 Å². The molecule has 144 valence electrons. The van der Waals surface area contributed by atoms with Crippen molar-refractivity contribution in [3.8, 4) is 11.4 Å². The number of hydrogen-bond donors (Lipinski definition) is 0. The van der Waals surface area contributed by atoms with E-state index >= 15 is 0 Å². The van der Waals surface area contributed by atoms with Gasteiger partial charge < -0.3 is 14.4 Å². The summed E-state index contributed by atoms with van der Waals surface area (Å²) < 4.78 is 42.7. The Morgan fingerprint density at radius 1 is 1.33 bits per heavy atom. The second-order valence-electron chi connectivity index (χ2n) is 6.44. The first-order chi connectivity index (χ1) is 12.7. The summed E-state index contributed by atoms with van der Waals surface area (Å²) in [6, 6.07) is 5.40. The number of hydrogen-bond acceptors (Lipinski definition) is 4. The minimum Gasteiger partial charge on any atom is -0.406 e. The Labute approximate surface area is 153 Å². The summed E-state index contributed by atoms with van der Waals surface area (Å²) in [5.41, 5.74) is 1.72. The van der Waals surface area contributed by atoms with E-state index in [9.17, 15) is 22.8 Å². The molecule has 1 aliphatic rings. The first-order valence-electron chi connectivity index (χ1n) is 8.36. The lowest BCUT2D eigenvalue weighted by Gasteiger charge is -2.16. The first kappa shape index (κ1) is 18.9. The molecule has 9 heteroatoms. The molecule has 27 heavy (non-hydrogen) atoms. The van der Waals surface area contributed by atoms with Crippen molar-refractivity contribution in [1.82, 2.24) is 14.7 Å². The third-order valence-corrected chi connectivity index (χ3v) is 4.51. The summed E-state index contributed by atoms with van der Waals surface area (Å²) in [4.78, 5) is 25.4. The zero-order valence-corrected chi connectivity index (χ0v) is 14.8. The zero-order chi connectivity index (χ0) is 19.8. The number of aldehydes is 1. The summed E-state index contributed by atoms with van der Waals surface area (Å²) in [7, 11) is 0. The van der Waals surface area contributed by atoms with Gasteiger partial charge in [-0.2, -0.15) is 5.10 Å². The normalized spacial score (nSPS) is 17.2. The number of rotatable bonds is 4. The molecule has 1 aliphatic heterocycles. The Bertz CT molecular complexity index is 876. The van der Waals surface area contributed by atoms with E-state index in [0.29, 0.717) is 42.1 Å². The summed E-state index contributed by atoms with van der Waals surface area (Å²) in [5, 5.41) is 4.31. The Morgan fingerprint density at radius 2 is 2.07 bits per heavy atom. The van der Waals surface area contributed by atoms with Crippen molar-refractivity contribution in [2.24, 2.45) is 5.92 Å². The molecule has 1 atom stereocenters. The van der Waals surface area contributed by atoms with Crippen LogP contribution < -0.4 is 4.74 Å². The van der Waals surface area contributed by atoms with Gasteiger partial charge in [0.2, 0.25) is 0 Å². The number of aryl methyl sites for hydroxylation is 1. The lowest BCUT2D eigenvalue weighted by Crippen LogP contribution is -2.29. The van der Waals surface area contributed by atoms with Crippen LogP contribution in [0.2, 0.25) is 0 Å². The van der Waals surface area contributed by atoms with Crippen molar-refractivity contribution >= 4 is 12.2 Å². The van der Waals surface area contributed by atoms with Crippen LogP contribution in [0.15, 0.2) is 24.3 Å². The van der Waals surface area contributed by atoms with Crippen LogP contribution in [0.4, 0.5) is 13.2 Å². The van der Waals surface area contributed by atoms with Crippen LogP contribution >= 0.6 is 0 Å². The number of likely N-dealkylation sites (tertiary alicyclic amines) is 1. The van der Waals surface area contributed by atoms with Gasteiger partial charge in [0.25, 0.3) is 5.91 Å². The van der Waals surface area contributed by atoms with E-state index in [1.54, 1.807) is 24.8 Å². The number of benzene rings is 1. The minimum atomic E-state index is -4.79. The second kappa shape index (κ2) is 7.05. The number of ether oxygens (including phenoxy) is 1. The Balaban J connectivity index is 1.91. The smallest absolute Gasteiger partial charge is 0.406 e. The second-order valence-corrected chi connectivity index (χ2v) is 6.44. The standard InChI is InChI=1S/C18H18F3N3O3/c1-11-16(17(26)23-7-6-13(9-23)10-25)12(2)24(22-11)14-4-3-5-15(8-14)27-18(19,20)21/h3-5,8,10,13H,6-7,9H2,1-2H3. The number of amides is 1. The molecule has 0 N–H and O–H groups in total. The van der Waals surface area contributed by atoms with Gasteiger partial charge in [0.15, 0.2) is 0 Å². The van der Waals surface area contributed by atoms with E-state index in [1.807, 2.05) is 0 Å². The number of carbonyl (C=O) groups excluding carboxylic acids is 2. The van der Waals surface area contributed by atoms with Gasteiger partial charge in [-0.15, -0.1) is 13.2 Å². The number of nitrogens with zero attached hydrogens (tertiary/aromatic N) is 3. The third-order valence-electron chi connectivity index (χ3n) is 4.51. The Kier molecular flexibility index (Phi) is 4.95. The third kappa shape index (κ3) is 3.96. The van der Waals surface area contributed by atoms with E-state index in [0.717, 1.165) is 6.29 Å². The molecule has 2 heterocycles. The van der Waals surface area contributed by atoms with Crippen molar-refractivity contribution < 1.29 is 27.5 Å². The molecule has 1 aromatic heterocycles. The number of alkyl halides is 3. The average Bonchev–Trinajstić information content (AvgIpc) is 3.18. The van der Waals surface area contributed by atoms with Crippen LogP contribution in [0.3, 0.4) is 0 Å². The zero-order valence-electron chi connectivity index (χ0n) is 14.8. The average molecular weight is 381 g/mol. The fourth-order valence-corrected chi connectivity index (χ4v) is 3.26. The van der Waals surface area contributed by atoms with Gasteiger partial charge in [-0.1, -0.05) is 6.07 Å². The summed E-state index contributed by atoms with van der Waals surface area (Å²) in [6.45, 7) is 4.19. The molecule has 6 nitrogen and oxygen atoms in total. The van der Waals surface area contributed by atoms with E-state index in [-0.39, 0.29) is 17.6 Å². The maximum Gasteiger partial charge on any atom is 0.573 e. The molecule has 1 fully saturated rings. The highest BCUT2D eigenvalue weighted by molar-refractivity contribution is 5.97. The van der Waals surface area contributed by atoms with Crippen molar-refractivity contribution in [3.63, 3.8) is 0 Å². The molecule has 0 aliphatic carbocycles. The van der Waals surface area contributed by atoms with Crippen LogP contribution in [0.25, 0.3) is 5.69 Å². The Morgan fingerprint density at radius 3 is 2.70 bits per heavy atom. The molecular weight excluding hydrogens is 363 g/mol. The van der Waals surface area contributed by atoms with Gasteiger partial charge in [-0.25, -0.2) is 4.68 Å². The molecule has 1 amide bonds. The molecule has 0 bridgehead atoms. The topological polar surface area (TPSA) is 64.4 Å². The Hall–Kier alpha value is -2.84. The highest BCUT2D eigenvalue weighted by atomic mass is 19.4. The monoisotopic (exact) mass is 381 g/mol. The van der Waals surface area contributed by atoms with Gasteiger partial charge in [-0.3, -0.25) is 4.79 Å². The van der Waals surface area contributed by atoms with Crippen molar-refractivity contribution in [3.05, 3.63) is 41.2 Å². The predicted octanol–water partition coefficient (Wildman–Crippen LogP) is 3.05. The number of halogens is 3. The molecule has 2 aromatic rings. The van der Waals surface area contributed by atoms with Crippen LogP contribution in [0.1, 0.15) is 28.2 Å². The van der Waals surface area contributed by atoms with E-state index < -0.39 is 6.36 Å². The number of aromatic nitrogens is 2. The molecule has 3 rings (SSSR count). The van der Waals surface area contributed by atoms with E-state index in [2.05, 4.69) is 9.84 Å². The predicted molar refractivity (Wildman–Crippen MR) is 89.8 cm³/mol. The molecule has 1 saturated heterocycles. The molecule has 0 radical (unpaired) electrons. The highest BCUT2D eigenvalue weighted by Gasteiger charge is 2.32. The summed E-state index contributed by atoms with van der Waals surface area (Å²) >= 11 is 0. The quantitative estimate of drug-likeness (QED) is 0.764. The van der Waals surface area contributed by atoms with E-state index in [4.69, 9.17) is 0 Å². The van der Waals surface area contributed by atoms with Crippen LogP contribution in [0, 0.1) is 19.8 Å². The van der Waals surface area contributed by atoms with Gasteiger partial charge in [0.05, 0.1) is 22.6 Å². The first-order valence-corrected chi connectivity index (χ1v) is 8.36. The van der Waals surface area contributed by atoms with Crippen LogP contribution in [0.5, 0.6) is 5.75 Å².